The maximum Gasteiger partial charge on any atom is 0.158 e. The van der Waals surface area contributed by atoms with Gasteiger partial charge in [-0.3, -0.25) is 4.79 Å². The molecule has 62 valence electrons. The summed E-state index contributed by atoms with van der Waals surface area (Å²) in [6, 6.07) is 0. The van der Waals surface area contributed by atoms with E-state index in [-0.39, 0.29) is 0 Å². The lowest BCUT2D eigenvalue weighted by Gasteiger charge is -2.01. The van der Waals surface area contributed by atoms with E-state index in [1.807, 2.05) is 6.08 Å². The Morgan fingerprint density at radius 3 is 2.64 bits per heavy atom. The Balaban J connectivity index is 2.34. The highest BCUT2D eigenvalue weighted by molar-refractivity contribution is 5.91. The minimum absolute atomic E-state index is 0.351. The molecule has 1 rings (SSSR count). The molecule has 0 radical (unpaired) electrons. The normalized spacial score (nSPS) is 19.7. The van der Waals surface area contributed by atoms with Gasteiger partial charge in [-0.05, 0) is 25.3 Å². The van der Waals surface area contributed by atoms with E-state index in [2.05, 4.69) is 6.92 Å². The lowest BCUT2D eigenvalue weighted by Crippen LogP contribution is -2.06. The highest BCUT2D eigenvalue weighted by Crippen LogP contribution is 2.25. The van der Waals surface area contributed by atoms with Gasteiger partial charge in [0.2, 0.25) is 0 Å². The highest BCUT2D eigenvalue weighted by Gasteiger charge is 2.19. The van der Waals surface area contributed by atoms with Crippen molar-refractivity contribution in [1.82, 2.24) is 0 Å². The molecule has 1 aliphatic rings. The molecule has 0 aliphatic heterocycles. The van der Waals surface area contributed by atoms with Crippen molar-refractivity contribution in [2.75, 3.05) is 0 Å². The highest BCUT2D eigenvalue weighted by atomic mass is 16.1. The van der Waals surface area contributed by atoms with E-state index in [4.69, 9.17) is 0 Å². The van der Waals surface area contributed by atoms with Crippen LogP contribution in [-0.4, -0.2) is 5.78 Å². The Kier molecular flexibility index (Phi) is 3.34. The van der Waals surface area contributed by atoms with Crippen LogP contribution < -0.4 is 0 Å². The second-order valence-electron chi connectivity index (χ2n) is 3.19. The predicted octanol–water partition coefficient (Wildman–Crippen LogP) is 2.71. The van der Waals surface area contributed by atoms with Crippen molar-refractivity contribution in [3.05, 3.63) is 12.2 Å². The fourth-order valence-electron chi connectivity index (χ4n) is 1.58. The third-order valence-electron chi connectivity index (χ3n) is 2.28. The number of allylic oxidation sites excluding steroid dienone is 2. The summed E-state index contributed by atoms with van der Waals surface area (Å²) in [5.74, 6) is 0.710. The van der Waals surface area contributed by atoms with Crippen molar-refractivity contribution in [2.24, 2.45) is 5.92 Å². The van der Waals surface area contributed by atoms with Gasteiger partial charge in [0.25, 0.3) is 0 Å². The van der Waals surface area contributed by atoms with Gasteiger partial charge in [-0.2, -0.15) is 0 Å². The van der Waals surface area contributed by atoms with Gasteiger partial charge >= 0.3 is 0 Å². The van der Waals surface area contributed by atoms with Crippen LogP contribution in [-0.2, 0) is 4.79 Å². The summed E-state index contributed by atoms with van der Waals surface area (Å²) in [6.07, 6.45) is 9.42. The zero-order chi connectivity index (χ0) is 8.10. The van der Waals surface area contributed by atoms with Crippen molar-refractivity contribution >= 4 is 5.78 Å². The summed E-state index contributed by atoms with van der Waals surface area (Å²) in [6.45, 7) is 2.05. The molecule has 1 aliphatic carbocycles. The molecular weight excluding hydrogens is 136 g/mol. The predicted molar refractivity (Wildman–Crippen MR) is 46.4 cm³/mol. The van der Waals surface area contributed by atoms with Crippen LogP contribution in [0.15, 0.2) is 12.2 Å². The number of ketones is 1. The minimum Gasteiger partial charge on any atom is -0.295 e. The lowest BCUT2D eigenvalue weighted by atomic mass is 10.0. The van der Waals surface area contributed by atoms with Crippen LogP contribution >= 0.6 is 0 Å². The summed E-state index contributed by atoms with van der Waals surface area (Å²) >= 11 is 0. The molecule has 0 unspecified atom stereocenters. The Morgan fingerprint density at radius 1 is 1.45 bits per heavy atom. The molecule has 1 nitrogen and oxygen atoms in total. The van der Waals surface area contributed by atoms with Crippen LogP contribution in [0.4, 0.5) is 0 Å². The Labute approximate surface area is 68.5 Å². The summed E-state index contributed by atoms with van der Waals surface area (Å²) < 4.78 is 0. The average molecular weight is 152 g/mol. The molecule has 0 saturated heterocycles. The number of carbonyl (C=O) groups excluding carboxylic acids is 1. The SMILES string of the molecule is CC/C=C/C(=O)C1CCCC1. The van der Waals surface area contributed by atoms with Crippen LogP contribution in [0.3, 0.4) is 0 Å². The van der Waals surface area contributed by atoms with Gasteiger partial charge in [0.15, 0.2) is 5.78 Å². The summed E-state index contributed by atoms with van der Waals surface area (Å²) in [5, 5.41) is 0. The van der Waals surface area contributed by atoms with Crippen LogP contribution in [0.2, 0.25) is 0 Å². The molecule has 0 aromatic rings. The zero-order valence-electron chi connectivity index (χ0n) is 7.18. The average Bonchev–Trinajstić information content (AvgIpc) is 2.52. The van der Waals surface area contributed by atoms with Crippen molar-refractivity contribution in [3.63, 3.8) is 0 Å². The molecule has 1 fully saturated rings. The monoisotopic (exact) mass is 152 g/mol. The smallest absolute Gasteiger partial charge is 0.158 e. The molecule has 1 saturated carbocycles. The third kappa shape index (κ3) is 2.49. The number of hydrogen-bond acceptors (Lipinski definition) is 1. The maximum absolute atomic E-state index is 11.3. The standard InChI is InChI=1S/C10H16O/c1-2-3-8-10(11)9-6-4-5-7-9/h3,8-9H,2,4-7H2,1H3/b8-3+. The minimum atomic E-state index is 0.351. The first kappa shape index (κ1) is 8.51. The van der Waals surface area contributed by atoms with E-state index in [1.165, 1.54) is 12.8 Å². The van der Waals surface area contributed by atoms with Crippen LogP contribution in [0.5, 0.6) is 0 Å². The molecule has 0 aromatic heterocycles. The first-order chi connectivity index (χ1) is 5.34. The first-order valence-corrected chi connectivity index (χ1v) is 4.55. The Bertz CT molecular complexity index is 152. The second kappa shape index (κ2) is 4.32. The number of carbonyl (C=O) groups is 1. The molecule has 11 heavy (non-hydrogen) atoms. The lowest BCUT2D eigenvalue weighted by molar-refractivity contribution is -0.118. The van der Waals surface area contributed by atoms with Crippen LogP contribution in [0, 0.1) is 5.92 Å². The molecule has 0 aromatic carbocycles. The topological polar surface area (TPSA) is 17.1 Å². The molecule has 0 N–H and O–H groups in total. The Hall–Kier alpha value is -0.590. The first-order valence-electron chi connectivity index (χ1n) is 4.55. The van der Waals surface area contributed by atoms with Crippen LogP contribution in [0.25, 0.3) is 0 Å². The van der Waals surface area contributed by atoms with Crippen molar-refractivity contribution in [3.8, 4) is 0 Å². The van der Waals surface area contributed by atoms with Crippen molar-refractivity contribution < 1.29 is 4.79 Å². The van der Waals surface area contributed by atoms with Crippen LogP contribution in [0.1, 0.15) is 39.0 Å². The molecule has 0 heterocycles. The second-order valence-corrected chi connectivity index (χ2v) is 3.19. The van der Waals surface area contributed by atoms with Gasteiger partial charge in [0, 0.05) is 5.92 Å². The van der Waals surface area contributed by atoms with E-state index in [9.17, 15) is 4.79 Å². The fraction of sp³-hybridized carbons (Fsp3) is 0.700. The zero-order valence-corrected chi connectivity index (χ0v) is 7.18. The van der Waals surface area contributed by atoms with Gasteiger partial charge < -0.3 is 0 Å². The van der Waals surface area contributed by atoms with Gasteiger partial charge in [-0.25, -0.2) is 0 Å². The third-order valence-corrected chi connectivity index (χ3v) is 2.28. The maximum atomic E-state index is 11.3. The van der Waals surface area contributed by atoms with E-state index in [1.54, 1.807) is 6.08 Å². The van der Waals surface area contributed by atoms with Crippen molar-refractivity contribution in [1.29, 1.82) is 0 Å². The number of rotatable bonds is 3. The molecular formula is C10H16O. The van der Waals surface area contributed by atoms with Gasteiger partial charge in [-0.1, -0.05) is 25.8 Å². The quantitative estimate of drug-likeness (QED) is 0.568. The molecule has 0 spiro atoms. The Morgan fingerprint density at radius 2 is 2.09 bits per heavy atom. The largest absolute Gasteiger partial charge is 0.295 e. The fourth-order valence-corrected chi connectivity index (χ4v) is 1.58. The summed E-state index contributed by atoms with van der Waals surface area (Å²) in [7, 11) is 0. The molecule has 0 atom stereocenters. The van der Waals surface area contributed by atoms with E-state index in [0.29, 0.717) is 11.7 Å². The van der Waals surface area contributed by atoms with E-state index >= 15 is 0 Å². The van der Waals surface area contributed by atoms with Crippen molar-refractivity contribution in [2.45, 2.75) is 39.0 Å². The number of hydrogen-bond donors (Lipinski definition) is 0. The van der Waals surface area contributed by atoms with Gasteiger partial charge in [0.1, 0.15) is 0 Å². The van der Waals surface area contributed by atoms with Gasteiger partial charge in [0.05, 0.1) is 0 Å². The molecule has 0 amide bonds. The van der Waals surface area contributed by atoms with Gasteiger partial charge in [-0.15, -0.1) is 0 Å². The summed E-state index contributed by atoms with van der Waals surface area (Å²) in [5.41, 5.74) is 0. The molecule has 1 heteroatoms. The molecule has 0 bridgehead atoms. The van der Waals surface area contributed by atoms with E-state index < -0.39 is 0 Å². The summed E-state index contributed by atoms with van der Waals surface area (Å²) in [4.78, 5) is 11.3. The van der Waals surface area contributed by atoms with E-state index in [0.717, 1.165) is 19.3 Å².